The lowest BCUT2D eigenvalue weighted by Crippen LogP contribution is -2.53. The number of nitrogens with one attached hydrogen (secondary N) is 2. The number of rotatable bonds is 3. The maximum absolute atomic E-state index is 12.3. The smallest absolute Gasteiger partial charge is 0.226 e. The summed E-state index contributed by atoms with van der Waals surface area (Å²) in [6, 6.07) is 1.77. The topological polar surface area (TPSA) is 41.1 Å². The third kappa shape index (κ3) is 1.99. The summed E-state index contributed by atoms with van der Waals surface area (Å²) >= 11 is 0. The van der Waals surface area contributed by atoms with Crippen LogP contribution in [0.4, 0.5) is 0 Å². The van der Waals surface area contributed by atoms with Gasteiger partial charge in [-0.25, -0.2) is 0 Å². The van der Waals surface area contributed by atoms with Gasteiger partial charge in [0.25, 0.3) is 0 Å². The number of fused-ring (bicyclic) bond motifs is 2. The molecule has 3 nitrogen and oxygen atoms in total. The SMILES string of the molecule is CCC1(C(=O)NC2CC3CCC(C2)N3)CCC1. The van der Waals surface area contributed by atoms with Crippen LogP contribution in [0.3, 0.4) is 0 Å². The Labute approximate surface area is 104 Å². The molecular weight excluding hydrogens is 212 g/mol. The molecule has 2 N–H and O–H groups in total. The first kappa shape index (κ1) is 11.5. The molecule has 0 radical (unpaired) electrons. The van der Waals surface area contributed by atoms with Crippen LogP contribution >= 0.6 is 0 Å². The van der Waals surface area contributed by atoms with Crippen LogP contribution in [0, 0.1) is 5.41 Å². The molecule has 1 saturated carbocycles. The minimum atomic E-state index is 0.00389. The largest absolute Gasteiger partial charge is 0.353 e. The van der Waals surface area contributed by atoms with Crippen molar-refractivity contribution >= 4 is 5.91 Å². The van der Waals surface area contributed by atoms with E-state index in [9.17, 15) is 4.79 Å². The molecule has 3 fully saturated rings. The summed E-state index contributed by atoms with van der Waals surface area (Å²) in [5.74, 6) is 0.345. The second-order valence-corrected chi connectivity index (χ2v) is 6.27. The standard InChI is InChI=1S/C14H24N2O/c1-2-14(6-3-7-14)13(17)16-12-8-10-4-5-11(9-12)15-10/h10-12,15H,2-9H2,1H3,(H,16,17). The van der Waals surface area contributed by atoms with Gasteiger partial charge in [-0.05, 0) is 44.9 Å². The fourth-order valence-electron chi connectivity index (χ4n) is 3.86. The zero-order valence-electron chi connectivity index (χ0n) is 10.8. The molecule has 3 aliphatic rings. The Bertz CT molecular complexity index is 294. The number of carbonyl (C=O) groups excluding carboxylic acids is 1. The van der Waals surface area contributed by atoms with Crippen molar-refractivity contribution in [2.45, 2.75) is 76.4 Å². The molecule has 2 unspecified atom stereocenters. The summed E-state index contributed by atoms with van der Waals surface area (Å²) in [6.07, 6.45) is 9.34. The first-order valence-corrected chi connectivity index (χ1v) is 7.29. The van der Waals surface area contributed by atoms with Crippen molar-refractivity contribution in [2.24, 2.45) is 5.41 Å². The van der Waals surface area contributed by atoms with Crippen LogP contribution in [0.25, 0.3) is 0 Å². The van der Waals surface area contributed by atoms with E-state index in [0.717, 1.165) is 32.1 Å². The molecule has 3 heteroatoms. The lowest BCUT2D eigenvalue weighted by molar-refractivity contribution is -0.137. The van der Waals surface area contributed by atoms with Crippen LogP contribution in [0.1, 0.15) is 58.3 Å². The molecule has 1 aliphatic carbocycles. The molecule has 96 valence electrons. The van der Waals surface area contributed by atoms with E-state index >= 15 is 0 Å². The first-order valence-electron chi connectivity index (χ1n) is 7.29. The van der Waals surface area contributed by atoms with E-state index in [-0.39, 0.29) is 5.41 Å². The highest BCUT2D eigenvalue weighted by molar-refractivity contribution is 5.83. The highest BCUT2D eigenvalue weighted by Gasteiger charge is 2.44. The number of hydrogen-bond donors (Lipinski definition) is 2. The lowest BCUT2D eigenvalue weighted by atomic mass is 9.66. The summed E-state index contributed by atoms with van der Waals surface area (Å²) in [5.41, 5.74) is 0.00389. The zero-order chi connectivity index (χ0) is 11.9. The molecule has 2 aliphatic heterocycles. The molecule has 2 saturated heterocycles. The molecule has 2 bridgehead atoms. The van der Waals surface area contributed by atoms with Gasteiger partial charge >= 0.3 is 0 Å². The highest BCUT2D eigenvalue weighted by atomic mass is 16.2. The van der Waals surface area contributed by atoms with Gasteiger partial charge in [-0.3, -0.25) is 4.79 Å². The van der Waals surface area contributed by atoms with E-state index in [1.54, 1.807) is 0 Å². The normalized spacial score (nSPS) is 38.5. The Balaban J connectivity index is 1.58. The number of carbonyl (C=O) groups is 1. The fourth-order valence-corrected chi connectivity index (χ4v) is 3.86. The average molecular weight is 236 g/mol. The van der Waals surface area contributed by atoms with Crippen molar-refractivity contribution < 1.29 is 4.79 Å². The van der Waals surface area contributed by atoms with E-state index in [2.05, 4.69) is 17.6 Å². The summed E-state index contributed by atoms with van der Waals surface area (Å²) in [4.78, 5) is 12.3. The van der Waals surface area contributed by atoms with E-state index in [0.29, 0.717) is 24.0 Å². The molecule has 0 aromatic heterocycles. The summed E-state index contributed by atoms with van der Waals surface area (Å²) in [6.45, 7) is 2.16. The average Bonchev–Trinajstić information content (AvgIpc) is 2.57. The molecule has 0 aromatic carbocycles. The molecule has 0 aromatic rings. The van der Waals surface area contributed by atoms with Crippen LogP contribution in [-0.4, -0.2) is 24.0 Å². The predicted octanol–water partition coefficient (Wildman–Crippen LogP) is 1.97. The molecule has 1 amide bonds. The molecule has 3 rings (SSSR count). The van der Waals surface area contributed by atoms with Gasteiger partial charge in [-0.1, -0.05) is 13.3 Å². The fraction of sp³-hybridized carbons (Fsp3) is 0.929. The Kier molecular flexibility index (Phi) is 2.89. The van der Waals surface area contributed by atoms with Crippen LogP contribution < -0.4 is 10.6 Å². The number of hydrogen-bond acceptors (Lipinski definition) is 2. The molecule has 2 atom stereocenters. The second kappa shape index (κ2) is 4.27. The first-order chi connectivity index (χ1) is 8.22. The van der Waals surface area contributed by atoms with E-state index < -0.39 is 0 Å². The number of amides is 1. The van der Waals surface area contributed by atoms with Crippen LogP contribution in [0.2, 0.25) is 0 Å². The van der Waals surface area contributed by atoms with Gasteiger partial charge in [-0.15, -0.1) is 0 Å². The quantitative estimate of drug-likeness (QED) is 0.786. The summed E-state index contributed by atoms with van der Waals surface area (Å²) in [5, 5.41) is 6.96. The Morgan fingerprint density at radius 2 is 1.94 bits per heavy atom. The van der Waals surface area contributed by atoms with Gasteiger partial charge in [0.1, 0.15) is 0 Å². The third-order valence-electron chi connectivity index (χ3n) is 5.28. The van der Waals surface area contributed by atoms with E-state index in [4.69, 9.17) is 0 Å². The van der Waals surface area contributed by atoms with Crippen molar-refractivity contribution in [3.05, 3.63) is 0 Å². The zero-order valence-corrected chi connectivity index (χ0v) is 10.8. The number of piperidine rings is 1. The van der Waals surface area contributed by atoms with Gasteiger partial charge in [0.2, 0.25) is 5.91 Å². The van der Waals surface area contributed by atoms with Crippen molar-refractivity contribution in [2.75, 3.05) is 0 Å². The van der Waals surface area contributed by atoms with Crippen LogP contribution in [0.5, 0.6) is 0 Å². The molecule has 2 heterocycles. The van der Waals surface area contributed by atoms with Gasteiger partial charge in [0.15, 0.2) is 0 Å². The highest BCUT2D eigenvalue weighted by Crippen LogP contribution is 2.44. The maximum Gasteiger partial charge on any atom is 0.226 e. The van der Waals surface area contributed by atoms with Crippen molar-refractivity contribution in [1.29, 1.82) is 0 Å². The van der Waals surface area contributed by atoms with E-state index in [1.807, 2.05) is 0 Å². The van der Waals surface area contributed by atoms with Gasteiger partial charge in [-0.2, -0.15) is 0 Å². The van der Waals surface area contributed by atoms with Crippen LogP contribution in [0.15, 0.2) is 0 Å². The molecule has 17 heavy (non-hydrogen) atoms. The Morgan fingerprint density at radius 3 is 2.41 bits per heavy atom. The summed E-state index contributed by atoms with van der Waals surface area (Å²) < 4.78 is 0. The molecular formula is C14H24N2O. The Hall–Kier alpha value is -0.570. The minimum absolute atomic E-state index is 0.00389. The monoisotopic (exact) mass is 236 g/mol. The Morgan fingerprint density at radius 1 is 1.29 bits per heavy atom. The molecule has 0 spiro atoms. The minimum Gasteiger partial charge on any atom is -0.353 e. The lowest BCUT2D eigenvalue weighted by Gasteiger charge is -2.41. The third-order valence-corrected chi connectivity index (χ3v) is 5.28. The van der Waals surface area contributed by atoms with E-state index in [1.165, 1.54) is 19.3 Å². The van der Waals surface area contributed by atoms with Crippen LogP contribution in [-0.2, 0) is 4.79 Å². The van der Waals surface area contributed by atoms with Crippen molar-refractivity contribution in [1.82, 2.24) is 10.6 Å². The van der Waals surface area contributed by atoms with Gasteiger partial charge in [0.05, 0.1) is 0 Å². The summed E-state index contributed by atoms with van der Waals surface area (Å²) in [7, 11) is 0. The maximum atomic E-state index is 12.3. The van der Waals surface area contributed by atoms with Gasteiger partial charge < -0.3 is 10.6 Å². The second-order valence-electron chi connectivity index (χ2n) is 6.27. The van der Waals surface area contributed by atoms with Crippen molar-refractivity contribution in [3.63, 3.8) is 0 Å². The van der Waals surface area contributed by atoms with Crippen molar-refractivity contribution in [3.8, 4) is 0 Å². The predicted molar refractivity (Wildman–Crippen MR) is 67.7 cm³/mol. The van der Waals surface area contributed by atoms with Gasteiger partial charge in [0, 0.05) is 23.5 Å².